The minimum Gasteiger partial charge on any atom is -0.300 e. The van der Waals surface area contributed by atoms with E-state index in [0.717, 1.165) is 36.3 Å². The highest BCUT2D eigenvalue weighted by Crippen LogP contribution is 2.25. The zero-order valence-corrected chi connectivity index (χ0v) is 16.4. The van der Waals surface area contributed by atoms with E-state index >= 15 is 0 Å². The summed E-state index contributed by atoms with van der Waals surface area (Å²) in [6, 6.07) is 8.31. The van der Waals surface area contributed by atoms with E-state index in [-0.39, 0.29) is 12.5 Å². The van der Waals surface area contributed by atoms with Crippen LogP contribution in [0.25, 0.3) is 11.3 Å². The smallest absolute Gasteiger partial charge is 0.246 e. The van der Waals surface area contributed by atoms with Gasteiger partial charge in [0.15, 0.2) is 9.90 Å². The zero-order chi connectivity index (χ0) is 18.5. The molecule has 6 nitrogen and oxygen atoms in total. The number of thiazole rings is 1. The fourth-order valence-corrected chi connectivity index (χ4v) is 3.56. The van der Waals surface area contributed by atoms with Crippen molar-refractivity contribution >= 4 is 34.6 Å². The maximum absolute atomic E-state index is 12.4. The molecule has 2 aromatic heterocycles. The van der Waals surface area contributed by atoms with Crippen LogP contribution in [-0.2, 0) is 24.2 Å². The van der Waals surface area contributed by atoms with Gasteiger partial charge < -0.3 is 5.32 Å². The molecule has 1 amide bonds. The Hall–Kier alpha value is -2.32. The second kappa shape index (κ2) is 8.37. The molecule has 0 aliphatic rings. The molecule has 0 saturated carbocycles. The molecule has 0 unspecified atom stereocenters. The number of amides is 1. The van der Waals surface area contributed by atoms with Crippen LogP contribution in [0.3, 0.4) is 0 Å². The lowest BCUT2D eigenvalue weighted by atomic mass is 10.1. The number of nitrogens with one attached hydrogen (secondary N) is 2. The molecule has 2 heterocycles. The Morgan fingerprint density at radius 2 is 2.08 bits per heavy atom. The number of anilines is 1. The molecule has 8 heteroatoms. The molecular weight excluding hydrogens is 366 g/mol. The highest BCUT2D eigenvalue weighted by molar-refractivity contribution is 7.71. The lowest BCUT2D eigenvalue weighted by Gasteiger charge is -2.05. The molecule has 0 aliphatic carbocycles. The standard InChI is InChI=1S/C18H21N5OS2/c1-3-5-15-21-22-18(25)23(15)10-16(24)20-17-19-14(11-26-17)13-8-6-12(4-2)7-9-13/h6-9,11H,3-5,10H2,1-2H3,(H,22,25)(H,19,20,24). The average molecular weight is 388 g/mol. The lowest BCUT2D eigenvalue weighted by molar-refractivity contribution is -0.116. The minimum absolute atomic E-state index is 0.130. The van der Waals surface area contributed by atoms with Gasteiger partial charge in [-0.1, -0.05) is 38.1 Å². The Bertz CT molecular complexity index is 939. The minimum atomic E-state index is -0.165. The van der Waals surface area contributed by atoms with E-state index in [0.29, 0.717) is 9.90 Å². The monoisotopic (exact) mass is 387 g/mol. The number of nitrogens with zero attached hydrogens (tertiary/aromatic N) is 3. The summed E-state index contributed by atoms with van der Waals surface area (Å²) in [7, 11) is 0. The lowest BCUT2D eigenvalue weighted by Crippen LogP contribution is -2.20. The zero-order valence-electron chi connectivity index (χ0n) is 14.8. The van der Waals surface area contributed by atoms with Gasteiger partial charge in [0.25, 0.3) is 0 Å². The van der Waals surface area contributed by atoms with Gasteiger partial charge in [0.05, 0.1) is 5.69 Å². The van der Waals surface area contributed by atoms with Crippen molar-refractivity contribution in [3.05, 3.63) is 45.8 Å². The van der Waals surface area contributed by atoms with Crippen LogP contribution in [0, 0.1) is 4.77 Å². The summed E-state index contributed by atoms with van der Waals surface area (Å²) in [5.41, 5.74) is 3.19. The summed E-state index contributed by atoms with van der Waals surface area (Å²) < 4.78 is 2.19. The normalized spacial score (nSPS) is 10.8. The van der Waals surface area contributed by atoms with Gasteiger partial charge in [0.2, 0.25) is 5.91 Å². The maximum atomic E-state index is 12.4. The number of carbonyl (C=O) groups excluding carboxylic acids is 1. The van der Waals surface area contributed by atoms with Crippen molar-refractivity contribution in [2.75, 3.05) is 5.32 Å². The van der Waals surface area contributed by atoms with Gasteiger partial charge in [0, 0.05) is 17.4 Å². The molecule has 0 spiro atoms. The number of hydrogen-bond donors (Lipinski definition) is 2. The Labute approximate surface area is 161 Å². The largest absolute Gasteiger partial charge is 0.300 e. The van der Waals surface area contributed by atoms with Gasteiger partial charge in [0.1, 0.15) is 12.4 Å². The number of hydrogen-bond acceptors (Lipinski definition) is 5. The molecule has 26 heavy (non-hydrogen) atoms. The Kier molecular flexibility index (Phi) is 5.95. The number of benzene rings is 1. The predicted molar refractivity (Wildman–Crippen MR) is 107 cm³/mol. The third-order valence-electron chi connectivity index (χ3n) is 4.02. The van der Waals surface area contributed by atoms with Crippen molar-refractivity contribution in [3.8, 4) is 11.3 Å². The van der Waals surface area contributed by atoms with Crippen LogP contribution in [-0.4, -0.2) is 25.7 Å². The summed E-state index contributed by atoms with van der Waals surface area (Å²) in [6.07, 6.45) is 2.72. The summed E-state index contributed by atoms with van der Waals surface area (Å²) in [5.74, 6) is 0.630. The molecule has 0 radical (unpaired) electrons. The van der Waals surface area contributed by atoms with Crippen LogP contribution in [0.5, 0.6) is 0 Å². The number of carbonyl (C=O) groups is 1. The first-order valence-electron chi connectivity index (χ1n) is 8.59. The van der Waals surface area contributed by atoms with Crippen molar-refractivity contribution in [1.29, 1.82) is 0 Å². The topological polar surface area (TPSA) is 75.6 Å². The van der Waals surface area contributed by atoms with E-state index in [4.69, 9.17) is 12.2 Å². The molecule has 1 aromatic carbocycles. The van der Waals surface area contributed by atoms with E-state index in [1.807, 2.05) is 5.38 Å². The molecular formula is C18H21N5OS2. The predicted octanol–water partition coefficient (Wildman–Crippen LogP) is 4.22. The third-order valence-corrected chi connectivity index (χ3v) is 5.09. The van der Waals surface area contributed by atoms with E-state index in [1.165, 1.54) is 16.9 Å². The third kappa shape index (κ3) is 4.25. The number of aryl methyl sites for hydroxylation is 2. The molecule has 0 atom stereocenters. The van der Waals surface area contributed by atoms with Gasteiger partial charge in [-0.25, -0.2) is 4.98 Å². The molecule has 0 bridgehead atoms. The van der Waals surface area contributed by atoms with Crippen LogP contribution in [0.2, 0.25) is 0 Å². The van der Waals surface area contributed by atoms with Gasteiger partial charge in [-0.3, -0.25) is 14.5 Å². The number of H-pyrrole nitrogens is 1. The first kappa shape index (κ1) is 18.5. The average Bonchev–Trinajstić information content (AvgIpc) is 3.24. The molecule has 136 valence electrons. The van der Waals surface area contributed by atoms with E-state index in [1.54, 1.807) is 4.57 Å². The van der Waals surface area contributed by atoms with Crippen molar-refractivity contribution in [1.82, 2.24) is 19.7 Å². The quantitative estimate of drug-likeness (QED) is 0.595. The fraction of sp³-hybridized carbons (Fsp3) is 0.333. The maximum Gasteiger partial charge on any atom is 0.246 e. The van der Waals surface area contributed by atoms with Crippen LogP contribution in [0.4, 0.5) is 5.13 Å². The van der Waals surface area contributed by atoms with Gasteiger partial charge in [-0.05, 0) is 30.6 Å². The van der Waals surface area contributed by atoms with E-state index in [2.05, 4.69) is 58.6 Å². The second-order valence-electron chi connectivity index (χ2n) is 5.92. The van der Waals surface area contributed by atoms with Crippen LogP contribution in [0.15, 0.2) is 29.6 Å². The first-order chi connectivity index (χ1) is 12.6. The molecule has 0 aliphatic heterocycles. The molecule has 0 fully saturated rings. The number of rotatable bonds is 7. The van der Waals surface area contributed by atoms with Crippen molar-refractivity contribution in [3.63, 3.8) is 0 Å². The highest BCUT2D eigenvalue weighted by Gasteiger charge is 2.12. The molecule has 0 saturated heterocycles. The SMILES string of the molecule is CCCc1n[nH]c(=S)n1CC(=O)Nc1nc(-c2ccc(CC)cc2)cs1. The van der Waals surface area contributed by atoms with E-state index < -0.39 is 0 Å². The number of aromatic amines is 1. The summed E-state index contributed by atoms with van der Waals surface area (Å²) in [6.45, 7) is 4.32. The van der Waals surface area contributed by atoms with Crippen molar-refractivity contribution < 1.29 is 4.79 Å². The van der Waals surface area contributed by atoms with Gasteiger partial charge >= 0.3 is 0 Å². The second-order valence-corrected chi connectivity index (χ2v) is 7.16. The van der Waals surface area contributed by atoms with E-state index in [9.17, 15) is 4.79 Å². The summed E-state index contributed by atoms with van der Waals surface area (Å²) in [4.78, 5) is 16.9. The van der Waals surface area contributed by atoms with Crippen LogP contribution in [0.1, 0.15) is 31.7 Å². The van der Waals surface area contributed by atoms with Gasteiger partial charge in [-0.15, -0.1) is 11.3 Å². The van der Waals surface area contributed by atoms with Crippen LogP contribution >= 0.6 is 23.6 Å². The fourth-order valence-electron chi connectivity index (χ4n) is 2.61. The summed E-state index contributed by atoms with van der Waals surface area (Å²) in [5, 5.41) is 12.3. The van der Waals surface area contributed by atoms with Crippen molar-refractivity contribution in [2.45, 2.75) is 39.7 Å². The first-order valence-corrected chi connectivity index (χ1v) is 9.88. The van der Waals surface area contributed by atoms with Gasteiger partial charge in [-0.2, -0.15) is 5.10 Å². The molecule has 3 rings (SSSR count). The number of aromatic nitrogens is 4. The van der Waals surface area contributed by atoms with Crippen molar-refractivity contribution in [2.24, 2.45) is 0 Å². The molecule has 3 aromatic rings. The summed E-state index contributed by atoms with van der Waals surface area (Å²) >= 11 is 6.62. The Balaban J connectivity index is 1.68. The Morgan fingerprint density at radius 3 is 2.77 bits per heavy atom. The molecule has 2 N–H and O–H groups in total. The van der Waals surface area contributed by atoms with Crippen LogP contribution < -0.4 is 5.32 Å². The highest BCUT2D eigenvalue weighted by atomic mass is 32.1. The Morgan fingerprint density at radius 1 is 1.31 bits per heavy atom.